The molecule has 142 valence electrons. The van der Waals surface area contributed by atoms with Gasteiger partial charge in [0.25, 0.3) is 0 Å². The summed E-state index contributed by atoms with van der Waals surface area (Å²) in [5.74, 6) is -2.42. The van der Waals surface area contributed by atoms with Crippen LogP contribution in [0.25, 0.3) is 10.1 Å². The maximum Gasteiger partial charge on any atom is 0.311 e. The number of thiophene rings is 1. The minimum Gasteiger partial charge on any atom is -0.455 e. The van der Waals surface area contributed by atoms with E-state index in [9.17, 15) is 0 Å². The first-order chi connectivity index (χ1) is 13.4. The first-order valence-electron chi connectivity index (χ1n) is 8.77. The van der Waals surface area contributed by atoms with Crippen molar-refractivity contribution in [3.8, 4) is 11.5 Å². The summed E-state index contributed by atoms with van der Waals surface area (Å²) in [6.45, 7) is 3.66. The van der Waals surface area contributed by atoms with Gasteiger partial charge < -0.3 is 4.74 Å². The summed E-state index contributed by atoms with van der Waals surface area (Å²) in [6.07, 6.45) is 0. The number of aryl methyl sites for hydroxylation is 2. The van der Waals surface area contributed by atoms with Crippen molar-refractivity contribution in [3.05, 3.63) is 92.8 Å². The van der Waals surface area contributed by atoms with Crippen molar-refractivity contribution in [2.75, 3.05) is 0 Å². The minimum atomic E-state index is -3.16. The minimum absolute atomic E-state index is 0.000987. The lowest BCUT2D eigenvalue weighted by molar-refractivity contribution is 0.0444. The highest BCUT2D eigenvalue weighted by molar-refractivity contribution is 9.10. The van der Waals surface area contributed by atoms with Crippen LogP contribution >= 0.6 is 27.3 Å². The smallest absolute Gasteiger partial charge is 0.311 e. The van der Waals surface area contributed by atoms with Crippen LogP contribution in [0.5, 0.6) is 11.5 Å². The fraction of sp³-hybridized carbons (Fsp3) is 0.130. The van der Waals surface area contributed by atoms with Crippen molar-refractivity contribution in [1.82, 2.24) is 0 Å². The summed E-state index contributed by atoms with van der Waals surface area (Å²) in [6, 6.07) is 19.5. The highest BCUT2D eigenvalue weighted by atomic mass is 79.9. The lowest BCUT2D eigenvalue weighted by Crippen LogP contribution is -2.16. The van der Waals surface area contributed by atoms with Crippen LogP contribution in [0.4, 0.5) is 8.78 Å². The van der Waals surface area contributed by atoms with Crippen molar-refractivity contribution in [2.45, 2.75) is 19.8 Å². The van der Waals surface area contributed by atoms with Crippen LogP contribution in [0.1, 0.15) is 21.6 Å². The zero-order valence-corrected chi connectivity index (χ0v) is 17.7. The Hall–Kier alpha value is -2.24. The van der Waals surface area contributed by atoms with Crippen molar-refractivity contribution in [3.63, 3.8) is 0 Å². The van der Waals surface area contributed by atoms with Gasteiger partial charge in [0, 0.05) is 20.1 Å². The Morgan fingerprint density at radius 2 is 1.64 bits per heavy atom. The summed E-state index contributed by atoms with van der Waals surface area (Å²) >= 11 is 4.47. The molecule has 3 aromatic carbocycles. The third-order valence-corrected chi connectivity index (χ3v) is 6.33. The Balaban J connectivity index is 1.92. The van der Waals surface area contributed by atoms with Gasteiger partial charge in [-0.3, -0.25) is 0 Å². The molecular formula is C23H17BrF2OS. The first kappa shape index (κ1) is 19.1. The van der Waals surface area contributed by atoms with E-state index in [1.807, 2.05) is 37.3 Å². The molecule has 0 saturated carbocycles. The number of rotatable bonds is 4. The molecule has 1 nitrogen and oxygen atoms in total. The van der Waals surface area contributed by atoms with E-state index in [0.29, 0.717) is 16.7 Å². The Labute approximate surface area is 174 Å². The Morgan fingerprint density at radius 3 is 2.36 bits per heavy atom. The second-order valence-corrected chi connectivity index (χ2v) is 8.67. The lowest BCUT2D eigenvalue weighted by Gasteiger charge is -2.19. The van der Waals surface area contributed by atoms with E-state index >= 15 is 8.78 Å². The SMILES string of the molecule is Cc1ccc2c(Oc3ccc(Br)cc3)c(C(F)(F)c3ccccc3C)sc2c1. The van der Waals surface area contributed by atoms with Gasteiger partial charge in [-0.15, -0.1) is 11.3 Å². The largest absolute Gasteiger partial charge is 0.455 e. The average molecular weight is 459 g/mol. The van der Waals surface area contributed by atoms with Gasteiger partial charge in [-0.1, -0.05) is 46.3 Å². The third kappa shape index (κ3) is 3.45. The van der Waals surface area contributed by atoms with E-state index < -0.39 is 5.92 Å². The summed E-state index contributed by atoms with van der Waals surface area (Å²) in [5.41, 5.74) is 1.57. The molecule has 0 saturated heterocycles. The van der Waals surface area contributed by atoms with Gasteiger partial charge in [0.15, 0.2) is 5.75 Å². The number of fused-ring (bicyclic) bond motifs is 1. The summed E-state index contributed by atoms with van der Waals surface area (Å²) in [4.78, 5) is -0.0784. The molecule has 0 fully saturated rings. The van der Waals surface area contributed by atoms with Crippen LogP contribution in [0, 0.1) is 13.8 Å². The van der Waals surface area contributed by atoms with E-state index in [4.69, 9.17) is 4.74 Å². The van der Waals surface area contributed by atoms with Crippen molar-refractivity contribution in [2.24, 2.45) is 0 Å². The van der Waals surface area contributed by atoms with Crippen molar-refractivity contribution >= 4 is 37.4 Å². The summed E-state index contributed by atoms with van der Waals surface area (Å²) < 4.78 is 39.0. The molecule has 0 bridgehead atoms. The molecule has 5 heteroatoms. The highest BCUT2D eigenvalue weighted by Gasteiger charge is 2.41. The predicted octanol–water partition coefficient (Wildman–Crippen LogP) is 8.21. The molecule has 4 rings (SSSR count). The first-order valence-corrected chi connectivity index (χ1v) is 10.4. The van der Waals surface area contributed by atoms with Gasteiger partial charge in [-0.2, -0.15) is 8.78 Å². The van der Waals surface area contributed by atoms with Gasteiger partial charge >= 0.3 is 5.92 Å². The van der Waals surface area contributed by atoms with E-state index in [1.165, 1.54) is 6.07 Å². The van der Waals surface area contributed by atoms with Crippen LogP contribution in [-0.2, 0) is 5.92 Å². The van der Waals surface area contributed by atoms with E-state index in [2.05, 4.69) is 15.9 Å². The molecule has 1 aromatic heterocycles. The highest BCUT2D eigenvalue weighted by Crippen LogP contribution is 2.51. The molecule has 0 radical (unpaired) electrons. The summed E-state index contributed by atoms with van der Waals surface area (Å²) in [5, 5.41) is 0.696. The number of benzene rings is 3. The molecule has 0 N–H and O–H groups in total. The van der Waals surface area contributed by atoms with Gasteiger partial charge in [-0.05, 0) is 61.4 Å². The van der Waals surface area contributed by atoms with Crippen LogP contribution in [0.3, 0.4) is 0 Å². The molecule has 0 spiro atoms. The van der Waals surface area contributed by atoms with E-state index in [1.54, 1.807) is 37.3 Å². The quantitative estimate of drug-likeness (QED) is 0.299. The molecule has 1 heterocycles. The monoisotopic (exact) mass is 458 g/mol. The zero-order chi connectivity index (χ0) is 19.9. The van der Waals surface area contributed by atoms with Crippen molar-refractivity contribution in [1.29, 1.82) is 0 Å². The zero-order valence-electron chi connectivity index (χ0n) is 15.3. The number of alkyl halides is 2. The molecule has 0 aliphatic heterocycles. The van der Waals surface area contributed by atoms with E-state index in [-0.39, 0.29) is 16.2 Å². The number of hydrogen-bond donors (Lipinski definition) is 0. The fourth-order valence-electron chi connectivity index (χ4n) is 3.16. The molecule has 28 heavy (non-hydrogen) atoms. The predicted molar refractivity (Wildman–Crippen MR) is 115 cm³/mol. The maximum atomic E-state index is 15.6. The molecular weight excluding hydrogens is 442 g/mol. The van der Waals surface area contributed by atoms with Crippen LogP contribution in [0.15, 0.2) is 71.2 Å². The lowest BCUT2D eigenvalue weighted by atomic mass is 10.0. The van der Waals surface area contributed by atoms with E-state index in [0.717, 1.165) is 26.1 Å². The molecule has 0 amide bonds. The Kier molecular flexibility index (Phi) is 4.98. The van der Waals surface area contributed by atoms with Gasteiger partial charge in [0.2, 0.25) is 0 Å². The van der Waals surface area contributed by atoms with Gasteiger partial charge in [0.1, 0.15) is 10.6 Å². The van der Waals surface area contributed by atoms with Gasteiger partial charge in [0.05, 0.1) is 0 Å². The third-order valence-electron chi connectivity index (χ3n) is 4.60. The molecule has 0 atom stereocenters. The average Bonchev–Trinajstić information content (AvgIpc) is 3.02. The maximum absolute atomic E-state index is 15.6. The standard InChI is InChI=1S/C23H17BrF2OS/c1-14-7-12-18-20(13-14)28-22(21(18)27-17-10-8-16(24)9-11-17)23(25,26)19-6-4-3-5-15(19)2/h3-13H,1-2H3. The summed E-state index contributed by atoms with van der Waals surface area (Å²) in [7, 11) is 0. The Morgan fingerprint density at radius 1 is 0.929 bits per heavy atom. The molecule has 4 aromatic rings. The number of halogens is 3. The normalized spacial score (nSPS) is 11.8. The van der Waals surface area contributed by atoms with Gasteiger partial charge in [-0.25, -0.2) is 0 Å². The number of ether oxygens (including phenoxy) is 1. The number of hydrogen-bond acceptors (Lipinski definition) is 2. The molecule has 0 unspecified atom stereocenters. The molecule has 0 aliphatic rings. The Bertz CT molecular complexity index is 1150. The van der Waals surface area contributed by atoms with Crippen molar-refractivity contribution < 1.29 is 13.5 Å². The van der Waals surface area contributed by atoms with Crippen LogP contribution in [0.2, 0.25) is 0 Å². The second-order valence-electron chi connectivity index (χ2n) is 6.71. The molecule has 0 aliphatic carbocycles. The van der Waals surface area contributed by atoms with Crippen LogP contribution in [-0.4, -0.2) is 0 Å². The second kappa shape index (κ2) is 7.30. The van der Waals surface area contributed by atoms with Crippen LogP contribution < -0.4 is 4.74 Å². The topological polar surface area (TPSA) is 9.23 Å². The fourth-order valence-corrected chi connectivity index (χ4v) is 4.64.